The molecule has 0 saturated carbocycles. The minimum absolute atomic E-state index is 0.00138. The summed E-state index contributed by atoms with van der Waals surface area (Å²) >= 11 is 8.16. The second kappa shape index (κ2) is 13.5. The number of ether oxygens (including phenoxy) is 1. The molecule has 4 N–H and O–H groups in total. The van der Waals surface area contributed by atoms with Gasteiger partial charge in [-0.2, -0.15) is 18.3 Å². The van der Waals surface area contributed by atoms with Crippen LogP contribution in [-0.2, 0) is 6.18 Å². The van der Waals surface area contributed by atoms with Gasteiger partial charge in [-0.1, -0.05) is 46.3 Å². The van der Waals surface area contributed by atoms with Gasteiger partial charge in [0.25, 0.3) is 0 Å². The summed E-state index contributed by atoms with van der Waals surface area (Å²) in [6, 6.07) is 12.4. The molecule has 0 fully saturated rings. The highest BCUT2D eigenvalue weighted by molar-refractivity contribution is 14.1. The summed E-state index contributed by atoms with van der Waals surface area (Å²) in [4.78, 5) is 26.7. The van der Waals surface area contributed by atoms with Crippen molar-refractivity contribution in [2.24, 2.45) is 0 Å². The topological polar surface area (TPSA) is 133 Å². The van der Waals surface area contributed by atoms with Gasteiger partial charge in [-0.15, -0.1) is 0 Å². The average Bonchev–Trinajstić information content (AvgIpc) is 3.51. The van der Waals surface area contributed by atoms with Crippen LogP contribution >= 0.6 is 34.2 Å². The van der Waals surface area contributed by atoms with E-state index in [1.54, 1.807) is 36.4 Å². The molecule has 0 atom stereocenters. The smallest absolute Gasteiger partial charge is 0.416 e. The second-order valence-corrected chi connectivity index (χ2v) is 8.66. The van der Waals surface area contributed by atoms with E-state index in [0.717, 1.165) is 17.7 Å². The quantitative estimate of drug-likeness (QED) is 0.123. The van der Waals surface area contributed by atoms with Crippen LogP contribution in [0.3, 0.4) is 0 Å². The molecule has 5 aromatic rings. The number of halogens is 5. The summed E-state index contributed by atoms with van der Waals surface area (Å²) in [7, 11) is 0. The number of amides is 2. The fourth-order valence-corrected chi connectivity index (χ4v) is 3.79. The molecule has 10 nitrogen and oxygen atoms in total. The van der Waals surface area contributed by atoms with Gasteiger partial charge in [0.15, 0.2) is 0 Å². The van der Waals surface area contributed by atoms with Crippen molar-refractivity contribution in [2.75, 3.05) is 21.3 Å². The SMILES string of the molecule is CI.Nc1ncc(Cl)cc1-c1ccc(Oc2ncc(NC(=O)Nc3cc(C(F)(F)F)ccc3-n3cccn3)cn2)cc1. The molecular weight excluding hydrogens is 688 g/mol. The van der Waals surface area contributed by atoms with Crippen LogP contribution in [0.1, 0.15) is 5.56 Å². The number of nitrogens with one attached hydrogen (secondary N) is 2. The summed E-state index contributed by atoms with van der Waals surface area (Å²) in [5, 5.41) is 9.37. The number of hydrogen-bond acceptors (Lipinski definition) is 7. The first kappa shape index (κ1) is 30.5. The maximum atomic E-state index is 13.3. The molecule has 0 bridgehead atoms. The van der Waals surface area contributed by atoms with Gasteiger partial charge in [-0.3, -0.25) is 0 Å². The number of carbonyl (C=O) groups excluding carboxylic acids is 1. The Hall–Kier alpha value is -4.44. The molecular formula is C27H21ClF3IN8O2. The zero-order valence-electron chi connectivity index (χ0n) is 21.6. The van der Waals surface area contributed by atoms with Gasteiger partial charge >= 0.3 is 18.2 Å². The Bertz CT molecular complexity index is 1650. The number of rotatable bonds is 6. The zero-order chi connectivity index (χ0) is 30.3. The predicted molar refractivity (Wildman–Crippen MR) is 162 cm³/mol. The summed E-state index contributed by atoms with van der Waals surface area (Å²) < 4.78 is 46.7. The van der Waals surface area contributed by atoms with Gasteiger partial charge in [-0.25, -0.2) is 24.4 Å². The van der Waals surface area contributed by atoms with Crippen LogP contribution in [-0.4, -0.2) is 35.7 Å². The van der Waals surface area contributed by atoms with Crippen LogP contribution in [0.4, 0.5) is 35.2 Å². The molecule has 5 rings (SSSR count). The Morgan fingerprint density at radius 1 is 1.00 bits per heavy atom. The molecule has 0 aliphatic heterocycles. The number of benzene rings is 2. The van der Waals surface area contributed by atoms with E-state index in [-0.39, 0.29) is 23.1 Å². The number of anilines is 3. The number of alkyl halides is 4. The zero-order valence-corrected chi connectivity index (χ0v) is 24.5. The van der Waals surface area contributed by atoms with E-state index in [1.165, 1.54) is 41.7 Å². The van der Waals surface area contributed by atoms with Crippen molar-refractivity contribution in [2.45, 2.75) is 6.18 Å². The Balaban J connectivity index is 0.00000198. The van der Waals surface area contributed by atoms with Crippen LogP contribution < -0.4 is 21.1 Å². The predicted octanol–water partition coefficient (Wildman–Crippen LogP) is 7.47. The first-order valence-electron chi connectivity index (χ1n) is 11.8. The van der Waals surface area contributed by atoms with E-state index in [1.807, 2.05) is 4.93 Å². The molecule has 0 aliphatic carbocycles. The van der Waals surface area contributed by atoms with Crippen molar-refractivity contribution in [1.82, 2.24) is 24.7 Å². The number of nitrogen functional groups attached to an aromatic ring is 1. The maximum Gasteiger partial charge on any atom is 0.416 e. The van der Waals surface area contributed by atoms with Crippen molar-refractivity contribution in [3.8, 4) is 28.6 Å². The number of carbonyl (C=O) groups is 1. The minimum atomic E-state index is -4.60. The van der Waals surface area contributed by atoms with E-state index in [0.29, 0.717) is 22.2 Å². The van der Waals surface area contributed by atoms with E-state index in [2.05, 4.69) is 53.3 Å². The Labute approximate surface area is 256 Å². The highest BCUT2D eigenvalue weighted by Gasteiger charge is 2.31. The largest absolute Gasteiger partial charge is 0.424 e. The fourth-order valence-electron chi connectivity index (χ4n) is 3.63. The van der Waals surface area contributed by atoms with Crippen LogP contribution in [0.2, 0.25) is 5.02 Å². The van der Waals surface area contributed by atoms with Crippen molar-refractivity contribution in [3.63, 3.8) is 0 Å². The van der Waals surface area contributed by atoms with E-state index >= 15 is 0 Å². The van der Waals surface area contributed by atoms with Gasteiger partial charge < -0.3 is 21.1 Å². The van der Waals surface area contributed by atoms with Crippen molar-refractivity contribution in [3.05, 3.63) is 96.2 Å². The highest BCUT2D eigenvalue weighted by atomic mass is 127. The first-order valence-corrected chi connectivity index (χ1v) is 14.4. The third kappa shape index (κ3) is 7.64. The molecule has 0 radical (unpaired) electrons. The molecule has 0 spiro atoms. The van der Waals surface area contributed by atoms with Crippen LogP contribution in [0.5, 0.6) is 11.8 Å². The number of hydrogen-bond donors (Lipinski definition) is 3. The molecule has 15 heteroatoms. The van der Waals surface area contributed by atoms with Crippen molar-refractivity contribution >= 4 is 57.4 Å². The van der Waals surface area contributed by atoms with Crippen LogP contribution in [0, 0.1) is 0 Å². The lowest BCUT2D eigenvalue weighted by Crippen LogP contribution is -2.21. The molecule has 216 valence electrons. The molecule has 42 heavy (non-hydrogen) atoms. The second-order valence-electron chi connectivity index (χ2n) is 8.23. The number of nitrogens with two attached hydrogens (primary N) is 1. The lowest BCUT2D eigenvalue weighted by Gasteiger charge is -2.15. The summed E-state index contributed by atoms with van der Waals surface area (Å²) in [6.07, 6.45) is 2.43. The Kier molecular flexibility index (Phi) is 9.80. The number of pyridine rings is 1. The Morgan fingerprint density at radius 3 is 2.36 bits per heavy atom. The molecule has 2 amide bonds. The molecule has 3 aromatic heterocycles. The van der Waals surface area contributed by atoms with E-state index < -0.39 is 17.8 Å². The maximum absolute atomic E-state index is 13.3. The van der Waals surface area contributed by atoms with Gasteiger partial charge in [0.2, 0.25) is 0 Å². The number of aromatic nitrogens is 5. The third-order valence-electron chi connectivity index (χ3n) is 5.47. The average molecular weight is 709 g/mol. The monoisotopic (exact) mass is 708 g/mol. The lowest BCUT2D eigenvalue weighted by molar-refractivity contribution is -0.137. The summed E-state index contributed by atoms with van der Waals surface area (Å²) in [5.41, 5.74) is 6.77. The minimum Gasteiger partial charge on any atom is -0.424 e. The fraction of sp³-hybridized carbons (Fsp3) is 0.0741. The third-order valence-corrected chi connectivity index (χ3v) is 5.68. The van der Waals surface area contributed by atoms with Crippen molar-refractivity contribution < 1.29 is 22.7 Å². The number of urea groups is 1. The van der Waals surface area contributed by atoms with Crippen molar-refractivity contribution in [1.29, 1.82) is 0 Å². The van der Waals surface area contributed by atoms with Crippen LogP contribution in [0.15, 0.2) is 85.6 Å². The molecule has 0 aliphatic rings. The standard InChI is InChI=1S/C26H18ClF3N8O2.CH3I/c27-17-11-20(23(31)32-12-17)15-2-5-19(6-3-15)40-25-33-13-18(14-34-25)36-24(39)37-21-10-16(26(28,29)30)4-7-22(21)38-9-1-8-35-38;1-2/h1-14H,(H2,31,32)(H2,36,37,39);1H3. The van der Waals surface area contributed by atoms with Crippen LogP contribution in [0.25, 0.3) is 16.8 Å². The summed E-state index contributed by atoms with van der Waals surface area (Å²) in [5.74, 6) is 0.769. The molecule has 0 unspecified atom stereocenters. The highest BCUT2D eigenvalue weighted by Crippen LogP contribution is 2.33. The molecule has 3 heterocycles. The van der Waals surface area contributed by atoms with Gasteiger partial charge in [0, 0.05) is 24.2 Å². The van der Waals surface area contributed by atoms with E-state index in [4.69, 9.17) is 22.1 Å². The Morgan fingerprint density at radius 2 is 1.71 bits per heavy atom. The van der Waals surface area contributed by atoms with Gasteiger partial charge in [-0.05, 0) is 53.0 Å². The molecule has 2 aromatic carbocycles. The first-order chi connectivity index (χ1) is 20.2. The summed E-state index contributed by atoms with van der Waals surface area (Å²) in [6.45, 7) is 0. The lowest BCUT2D eigenvalue weighted by atomic mass is 10.1. The van der Waals surface area contributed by atoms with Gasteiger partial charge in [0.05, 0.1) is 40.0 Å². The van der Waals surface area contributed by atoms with Gasteiger partial charge in [0.1, 0.15) is 11.6 Å². The molecule has 0 saturated heterocycles. The number of nitrogens with zero attached hydrogens (tertiary/aromatic N) is 5. The normalized spacial score (nSPS) is 10.8. The van der Waals surface area contributed by atoms with E-state index in [9.17, 15) is 18.0 Å².